The Bertz CT molecular complexity index is 1110. The fourth-order valence-electron chi connectivity index (χ4n) is 11.1. The summed E-state index contributed by atoms with van der Waals surface area (Å²) < 4.78 is 0. The zero-order chi connectivity index (χ0) is 53.6. The molecule has 0 saturated carbocycles. The van der Waals surface area contributed by atoms with Gasteiger partial charge in [0.05, 0.1) is 31.3 Å². The Kier molecular flexibility index (Phi) is 63.3. The maximum atomic E-state index is 12.6. The van der Waals surface area contributed by atoms with E-state index >= 15 is 0 Å². The van der Waals surface area contributed by atoms with Crippen molar-refractivity contribution in [1.82, 2.24) is 5.32 Å². The zero-order valence-corrected chi connectivity index (χ0v) is 50.5. The number of carbonyl (C=O) groups is 1. The molecule has 0 aromatic heterocycles. The van der Waals surface area contributed by atoms with Crippen molar-refractivity contribution in [2.45, 2.75) is 405 Å². The quantitative estimate of drug-likeness (QED) is 0.0361. The van der Waals surface area contributed by atoms with Crippen LogP contribution in [-0.2, 0) is 4.79 Å². The highest BCUT2D eigenvalue weighted by molar-refractivity contribution is 5.76. The van der Waals surface area contributed by atoms with Crippen molar-refractivity contribution in [3.05, 3.63) is 24.3 Å². The van der Waals surface area contributed by atoms with E-state index in [1.807, 2.05) is 0 Å². The van der Waals surface area contributed by atoms with Gasteiger partial charge in [-0.15, -0.1) is 0 Å². The predicted molar refractivity (Wildman–Crippen MR) is 328 cm³/mol. The number of amides is 1. The Morgan fingerprint density at radius 1 is 0.338 bits per heavy atom. The maximum absolute atomic E-state index is 12.6. The van der Waals surface area contributed by atoms with Crippen LogP contribution in [0.1, 0.15) is 386 Å². The summed E-state index contributed by atoms with van der Waals surface area (Å²) in [5.41, 5.74) is 0. The normalized spacial score (nSPS) is 13.2. The first-order chi connectivity index (χ1) is 36.5. The Balaban J connectivity index is 3.46. The summed E-state index contributed by atoms with van der Waals surface area (Å²) in [6, 6.07) is -0.659. The highest BCUT2D eigenvalue weighted by Crippen LogP contribution is 2.19. The Labute approximate surface area is 464 Å². The smallest absolute Gasteiger partial charge is 0.222 e. The molecule has 440 valence electrons. The van der Waals surface area contributed by atoms with E-state index < -0.39 is 18.2 Å². The maximum Gasteiger partial charge on any atom is 0.222 e. The van der Waals surface area contributed by atoms with E-state index in [9.17, 15) is 20.1 Å². The first kappa shape index (κ1) is 72.8. The molecule has 5 heteroatoms. The van der Waals surface area contributed by atoms with Crippen molar-refractivity contribution in [3.8, 4) is 0 Å². The Morgan fingerprint density at radius 3 is 0.851 bits per heavy atom. The summed E-state index contributed by atoms with van der Waals surface area (Å²) in [5.74, 6) is -0.276. The summed E-state index contributed by atoms with van der Waals surface area (Å²) in [6.07, 6.45) is 83.9. The largest absolute Gasteiger partial charge is 0.394 e. The molecule has 0 heterocycles. The van der Waals surface area contributed by atoms with Gasteiger partial charge in [0.25, 0.3) is 0 Å². The van der Waals surface area contributed by atoms with Crippen molar-refractivity contribution in [2.75, 3.05) is 6.61 Å². The summed E-state index contributed by atoms with van der Waals surface area (Å²) >= 11 is 0. The molecule has 0 bridgehead atoms. The number of aliphatic hydroxyl groups is 3. The molecular formula is C69H135NO4. The molecule has 4 N–H and O–H groups in total. The Morgan fingerprint density at radius 2 is 0.581 bits per heavy atom. The lowest BCUT2D eigenvalue weighted by Gasteiger charge is -2.23. The van der Waals surface area contributed by atoms with E-state index in [-0.39, 0.29) is 18.9 Å². The van der Waals surface area contributed by atoms with E-state index in [1.54, 1.807) is 0 Å². The van der Waals surface area contributed by atoms with Gasteiger partial charge in [-0.3, -0.25) is 4.79 Å². The van der Waals surface area contributed by atoms with Gasteiger partial charge in [-0.25, -0.2) is 0 Å². The number of hydrogen-bond acceptors (Lipinski definition) is 4. The van der Waals surface area contributed by atoms with Gasteiger partial charge in [-0.1, -0.05) is 359 Å². The van der Waals surface area contributed by atoms with Crippen LogP contribution in [0.15, 0.2) is 24.3 Å². The van der Waals surface area contributed by atoms with Crippen molar-refractivity contribution in [3.63, 3.8) is 0 Å². The summed E-state index contributed by atoms with van der Waals surface area (Å²) in [6.45, 7) is 4.32. The van der Waals surface area contributed by atoms with E-state index in [1.165, 1.54) is 321 Å². The summed E-state index contributed by atoms with van der Waals surface area (Å²) in [4.78, 5) is 12.6. The lowest BCUT2D eigenvalue weighted by Crippen LogP contribution is -2.46. The fourth-order valence-corrected chi connectivity index (χ4v) is 11.1. The highest BCUT2D eigenvalue weighted by Gasteiger charge is 2.21. The van der Waals surface area contributed by atoms with Gasteiger partial charge in [-0.2, -0.15) is 0 Å². The van der Waals surface area contributed by atoms with Crippen LogP contribution in [0.4, 0.5) is 0 Å². The van der Waals surface area contributed by atoms with Gasteiger partial charge in [0.2, 0.25) is 5.91 Å². The molecule has 3 unspecified atom stereocenters. The minimum Gasteiger partial charge on any atom is -0.394 e. The number of allylic oxidation sites excluding steroid dienone is 4. The number of aliphatic hydroxyl groups excluding tert-OH is 3. The molecule has 0 fully saturated rings. The monoisotopic (exact) mass is 1040 g/mol. The fraction of sp³-hybridized carbons (Fsp3) is 0.928. The van der Waals surface area contributed by atoms with Crippen LogP contribution in [0, 0.1) is 0 Å². The molecule has 0 rings (SSSR count). The lowest BCUT2D eigenvalue weighted by atomic mass is 10.0. The molecule has 0 saturated heterocycles. The average molecular weight is 1040 g/mol. The van der Waals surface area contributed by atoms with Gasteiger partial charge < -0.3 is 20.6 Å². The number of carbonyl (C=O) groups excluding carboxylic acids is 1. The molecule has 0 aromatic carbocycles. The van der Waals surface area contributed by atoms with Crippen molar-refractivity contribution in [2.24, 2.45) is 0 Å². The van der Waals surface area contributed by atoms with Gasteiger partial charge in [0, 0.05) is 0 Å². The summed E-state index contributed by atoms with van der Waals surface area (Å²) in [5, 5.41) is 33.8. The number of unbranched alkanes of at least 4 members (excludes halogenated alkanes) is 51. The second kappa shape index (κ2) is 64.4. The molecular weight excluding hydrogens is 907 g/mol. The first-order valence-corrected chi connectivity index (χ1v) is 34.1. The van der Waals surface area contributed by atoms with Gasteiger partial charge >= 0.3 is 0 Å². The molecule has 5 nitrogen and oxygen atoms in total. The van der Waals surface area contributed by atoms with E-state index in [4.69, 9.17) is 0 Å². The molecule has 74 heavy (non-hydrogen) atoms. The number of rotatable bonds is 64. The second-order valence-electron chi connectivity index (χ2n) is 23.8. The third kappa shape index (κ3) is 60.1. The van der Waals surface area contributed by atoms with Crippen LogP contribution < -0.4 is 5.32 Å². The zero-order valence-electron chi connectivity index (χ0n) is 50.5. The van der Waals surface area contributed by atoms with Crippen molar-refractivity contribution >= 4 is 5.91 Å². The molecule has 0 spiro atoms. The van der Waals surface area contributed by atoms with Crippen molar-refractivity contribution in [1.29, 1.82) is 0 Å². The minimum atomic E-state index is -0.749. The van der Waals surface area contributed by atoms with Crippen LogP contribution in [0.5, 0.6) is 0 Å². The molecule has 0 radical (unpaired) electrons. The standard InChI is InChI=1S/C69H135NO4/c1-3-5-7-9-11-13-15-17-19-21-23-25-27-28-29-30-31-32-33-34-35-36-37-38-39-40-41-42-44-46-48-50-52-54-56-58-60-62-66(72)64-69(74)70-67(65-71)68(73)63-61-59-57-55-53-51-49-47-45-43-26-24-22-20-18-16-14-12-10-8-6-4-2/h31-32,34-35,66-68,71-73H,3-30,33,36-65H2,1-2H3,(H,70,74)/b32-31-,35-34-. The van der Waals surface area contributed by atoms with Gasteiger partial charge in [0.15, 0.2) is 0 Å². The third-order valence-corrected chi connectivity index (χ3v) is 16.3. The van der Waals surface area contributed by atoms with Crippen LogP contribution in [0.3, 0.4) is 0 Å². The molecule has 0 aromatic rings. The minimum absolute atomic E-state index is 0.0398. The van der Waals surface area contributed by atoms with E-state index in [0.717, 1.165) is 32.1 Å². The molecule has 0 aliphatic carbocycles. The van der Waals surface area contributed by atoms with Crippen LogP contribution in [-0.4, -0.2) is 46.1 Å². The molecule has 3 atom stereocenters. The van der Waals surface area contributed by atoms with Gasteiger partial charge in [0.1, 0.15) is 0 Å². The van der Waals surface area contributed by atoms with E-state index in [0.29, 0.717) is 12.8 Å². The van der Waals surface area contributed by atoms with Crippen LogP contribution >= 0.6 is 0 Å². The van der Waals surface area contributed by atoms with Crippen LogP contribution in [0.25, 0.3) is 0 Å². The van der Waals surface area contributed by atoms with Gasteiger partial charge in [-0.05, 0) is 44.9 Å². The summed E-state index contributed by atoms with van der Waals surface area (Å²) in [7, 11) is 0. The lowest BCUT2D eigenvalue weighted by molar-refractivity contribution is -0.125. The average Bonchev–Trinajstić information content (AvgIpc) is 3.40. The first-order valence-electron chi connectivity index (χ1n) is 34.1. The topological polar surface area (TPSA) is 89.8 Å². The van der Waals surface area contributed by atoms with Crippen LogP contribution in [0.2, 0.25) is 0 Å². The number of nitrogens with one attached hydrogen (secondary N) is 1. The predicted octanol–water partition coefficient (Wildman–Crippen LogP) is 22.0. The third-order valence-electron chi connectivity index (χ3n) is 16.3. The second-order valence-corrected chi connectivity index (χ2v) is 23.8. The molecule has 0 aliphatic rings. The molecule has 1 amide bonds. The molecule has 0 aliphatic heterocycles. The SMILES string of the molecule is CCCCCCCCCCCCCCCCC/C=C\C/C=C\CCCCCCCCCCCCCCCCCC(O)CC(=O)NC(CO)C(O)CCCCCCCCCCCCCCCCCCCCCCCC. The Hall–Kier alpha value is -1.17. The highest BCUT2D eigenvalue weighted by atomic mass is 16.3. The number of hydrogen-bond donors (Lipinski definition) is 4. The van der Waals surface area contributed by atoms with Crippen molar-refractivity contribution < 1.29 is 20.1 Å². The van der Waals surface area contributed by atoms with E-state index in [2.05, 4.69) is 43.5 Å².